The number of likely N-dealkylation sites (tertiary alicyclic amines) is 1. The summed E-state index contributed by atoms with van der Waals surface area (Å²) in [6, 6.07) is 2.01. The molecule has 1 heterocycles. The normalized spacial score (nSPS) is 31.8. The summed E-state index contributed by atoms with van der Waals surface area (Å²) in [6.45, 7) is 5.96. The molecule has 2 rings (SSSR count). The second-order valence-corrected chi connectivity index (χ2v) is 6.24. The van der Waals surface area contributed by atoms with Crippen LogP contribution in [-0.4, -0.2) is 28.8 Å². The highest BCUT2D eigenvalue weighted by Crippen LogP contribution is 2.63. The van der Waals surface area contributed by atoms with Crippen molar-refractivity contribution in [2.75, 3.05) is 6.54 Å². The Labute approximate surface area is 107 Å². The number of nitrogens with two attached hydrogens (primary N) is 1. The Balaban J connectivity index is 1.89. The lowest BCUT2D eigenvalue weighted by Crippen LogP contribution is -2.39. The van der Waals surface area contributed by atoms with Crippen molar-refractivity contribution < 1.29 is 9.59 Å². The highest BCUT2D eigenvalue weighted by atomic mass is 16.2. The number of piperidine rings is 1. The van der Waals surface area contributed by atoms with E-state index in [1.165, 1.54) is 4.90 Å². The van der Waals surface area contributed by atoms with Crippen molar-refractivity contribution in [1.82, 2.24) is 4.90 Å². The first-order chi connectivity index (χ1) is 8.22. The van der Waals surface area contributed by atoms with Gasteiger partial charge >= 0.3 is 0 Å². The van der Waals surface area contributed by atoms with Gasteiger partial charge in [-0.15, -0.1) is 0 Å². The molecule has 2 amide bonds. The summed E-state index contributed by atoms with van der Waals surface area (Å²) in [5, 5.41) is 8.79. The monoisotopic (exact) mass is 249 g/mol. The molecule has 0 aromatic rings. The second kappa shape index (κ2) is 3.79. The number of carbonyl (C=O) groups excluding carboxylic acids is 2. The van der Waals surface area contributed by atoms with Crippen LogP contribution in [0.2, 0.25) is 0 Å². The first-order valence-corrected chi connectivity index (χ1v) is 6.28. The lowest BCUT2D eigenvalue weighted by atomic mass is 9.99. The van der Waals surface area contributed by atoms with E-state index in [1.807, 2.05) is 19.9 Å². The molecule has 1 aliphatic heterocycles. The fourth-order valence-electron chi connectivity index (χ4n) is 2.88. The average Bonchev–Trinajstić information content (AvgIpc) is 2.75. The minimum atomic E-state index is -0.881. The van der Waals surface area contributed by atoms with Crippen LogP contribution in [0.15, 0.2) is 0 Å². The maximum absolute atomic E-state index is 12.0. The maximum atomic E-state index is 12.0. The standard InChI is InChI=1S/C13H19N3O2/c1-12(2)8-9(12)11(18)16(10(8)17)6-4-5-13(3,15)7-14/h8-9H,4-6,15H2,1-3H3. The molecule has 0 radical (unpaired) electrons. The van der Waals surface area contributed by atoms with Crippen LogP contribution >= 0.6 is 0 Å². The molecule has 98 valence electrons. The van der Waals surface area contributed by atoms with Gasteiger partial charge in [0.1, 0.15) is 5.54 Å². The molecule has 2 fully saturated rings. The molecule has 3 unspecified atom stereocenters. The number of fused-ring (bicyclic) bond motifs is 1. The highest BCUT2D eigenvalue weighted by molar-refractivity contribution is 6.10. The van der Waals surface area contributed by atoms with Gasteiger partial charge in [-0.25, -0.2) is 0 Å². The summed E-state index contributed by atoms with van der Waals surface area (Å²) >= 11 is 0. The molecular formula is C13H19N3O2. The molecule has 0 spiro atoms. The van der Waals surface area contributed by atoms with E-state index >= 15 is 0 Å². The van der Waals surface area contributed by atoms with Gasteiger partial charge in [0.25, 0.3) is 0 Å². The van der Waals surface area contributed by atoms with Crippen molar-refractivity contribution in [3.05, 3.63) is 0 Å². The largest absolute Gasteiger partial charge is 0.314 e. The highest BCUT2D eigenvalue weighted by Gasteiger charge is 2.72. The summed E-state index contributed by atoms with van der Waals surface area (Å²) < 4.78 is 0. The number of nitrogens with zero attached hydrogens (tertiary/aromatic N) is 2. The number of hydrogen-bond acceptors (Lipinski definition) is 4. The van der Waals surface area contributed by atoms with E-state index in [-0.39, 0.29) is 29.1 Å². The number of nitriles is 1. The zero-order valence-corrected chi connectivity index (χ0v) is 11.1. The molecule has 1 saturated carbocycles. The second-order valence-electron chi connectivity index (χ2n) is 6.24. The lowest BCUT2D eigenvalue weighted by Gasteiger charge is -2.22. The summed E-state index contributed by atoms with van der Waals surface area (Å²) in [7, 11) is 0. The van der Waals surface area contributed by atoms with E-state index in [4.69, 9.17) is 11.0 Å². The molecule has 1 aliphatic carbocycles. The molecule has 0 bridgehead atoms. The Kier molecular flexibility index (Phi) is 2.74. The van der Waals surface area contributed by atoms with Gasteiger partial charge in [0.15, 0.2) is 0 Å². The minimum Gasteiger partial charge on any atom is -0.314 e. The first-order valence-electron chi connectivity index (χ1n) is 6.28. The predicted octanol–water partition coefficient (Wildman–Crippen LogP) is 0.649. The van der Waals surface area contributed by atoms with Crippen LogP contribution in [0.4, 0.5) is 0 Å². The van der Waals surface area contributed by atoms with Crippen molar-refractivity contribution in [1.29, 1.82) is 5.26 Å². The van der Waals surface area contributed by atoms with Gasteiger partial charge < -0.3 is 5.73 Å². The van der Waals surface area contributed by atoms with Crippen LogP contribution in [0.5, 0.6) is 0 Å². The summed E-state index contributed by atoms with van der Waals surface area (Å²) in [4.78, 5) is 25.4. The molecule has 18 heavy (non-hydrogen) atoms. The summed E-state index contributed by atoms with van der Waals surface area (Å²) in [5.74, 6) is -0.341. The number of rotatable bonds is 4. The van der Waals surface area contributed by atoms with Gasteiger partial charge in [-0.3, -0.25) is 14.5 Å². The van der Waals surface area contributed by atoms with Crippen LogP contribution in [0, 0.1) is 28.6 Å². The Morgan fingerprint density at radius 3 is 2.33 bits per heavy atom. The first kappa shape index (κ1) is 13.0. The van der Waals surface area contributed by atoms with Crippen LogP contribution in [-0.2, 0) is 9.59 Å². The van der Waals surface area contributed by atoms with Crippen molar-refractivity contribution >= 4 is 11.8 Å². The van der Waals surface area contributed by atoms with E-state index < -0.39 is 5.54 Å². The summed E-state index contributed by atoms with van der Waals surface area (Å²) in [6.07, 6.45) is 1.07. The Morgan fingerprint density at radius 2 is 1.89 bits per heavy atom. The maximum Gasteiger partial charge on any atom is 0.233 e. The Hall–Kier alpha value is -1.41. The Bertz CT molecular complexity index is 424. The lowest BCUT2D eigenvalue weighted by molar-refractivity contribution is -0.143. The van der Waals surface area contributed by atoms with Crippen LogP contribution in [0.3, 0.4) is 0 Å². The van der Waals surface area contributed by atoms with Crippen molar-refractivity contribution in [3.8, 4) is 6.07 Å². The van der Waals surface area contributed by atoms with E-state index in [0.29, 0.717) is 19.4 Å². The number of amides is 2. The van der Waals surface area contributed by atoms with Gasteiger partial charge in [-0.05, 0) is 25.2 Å². The fraction of sp³-hybridized carbons (Fsp3) is 0.769. The molecule has 5 heteroatoms. The van der Waals surface area contributed by atoms with Gasteiger partial charge in [-0.2, -0.15) is 5.26 Å². The van der Waals surface area contributed by atoms with E-state index in [9.17, 15) is 9.59 Å². The van der Waals surface area contributed by atoms with E-state index in [2.05, 4.69) is 0 Å². The smallest absolute Gasteiger partial charge is 0.233 e. The fourth-order valence-corrected chi connectivity index (χ4v) is 2.88. The van der Waals surface area contributed by atoms with Crippen molar-refractivity contribution in [3.63, 3.8) is 0 Å². The molecule has 0 aromatic carbocycles. The van der Waals surface area contributed by atoms with Gasteiger partial charge in [0.2, 0.25) is 11.8 Å². The predicted molar refractivity (Wildman–Crippen MR) is 64.9 cm³/mol. The summed E-state index contributed by atoms with van der Waals surface area (Å²) in [5.41, 5.74) is 4.67. The van der Waals surface area contributed by atoms with Gasteiger partial charge in [-0.1, -0.05) is 13.8 Å². The zero-order valence-electron chi connectivity index (χ0n) is 11.1. The average molecular weight is 249 g/mol. The molecule has 5 nitrogen and oxygen atoms in total. The third-order valence-corrected chi connectivity index (χ3v) is 4.22. The Morgan fingerprint density at radius 1 is 1.39 bits per heavy atom. The van der Waals surface area contributed by atoms with E-state index in [0.717, 1.165) is 0 Å². The van der Waals surface area contributed by atoms with Crippen molar-refractivity contribution in [2.24, 2.45) is 23.0 Å². The van der Waals surface area contributed by atoms with Crippen LogP contribution < -0.4 is 5.73 Å². The van der Waals surface area contributed by atoms with Crippen LogP contribution in [0.1, 0.15) is 33.6 Å². The number of imide groups is 1. The zero-order chi connectivity index (χ0) is 13.7. The molecule has 3 atom stereocenters. The number of carbonyl (C=O) groups is 2. The van der Waals surface area contributed by atoms with Gasteiger partial charge in [0, 0.05) is 6.54 Å². The van der Waals surface area contributed by atoms with Crippen molar-refractivity contribution in [2.45, 2.75) is 39.2 Å². The van der Waals surface area contributed by atoms with Crippen LogP contribution in [0.25, 0.3) is 0 Å². The molecular weight excluding hydrogens is 230 g/mol. The molecule has 0 aromatic heterocycles. The topological polar surface area (TPSA) is 87.2 Å². The minimum absolute atomic E-state index is 0.0503. The number of hydrogen-bond donors (Lipinski definition) is 1. The quantitative estimate of drug-likeness (QED) is 0.741. The molecule has 1 saturated heterocycles. The SMILES string of the molecule is CC(N)(C#N)CCCN1C(=O)C2C(C1=O)C2(C)C. The molecule has 2 N–H and O–H groups in total. The third-order valence-electron chi connectivity index (χ3n) is 4.22. The van der Waals surface area contributed by atoms with E-state index in [1.54, 1.807) is 6.92 Å². The molecule has 2 aliphatic rings. The van der Waals surface area contributed by atoms with Gasteiger partial charge in [0.05, 0.1) is 17.9 Å². The third kappa shape index (κ3) is 1.81.